The van der Waals surface area contributed by atoms with E-state index < -0.39 is 23.1 Å². The van der Waals surface area contributed by atoms with Crippen LogP contribution in [0, 0.1) is 17.5 Å². The average molecular weight is 248 g/mol. The van der Waals surface area contributed by atoms with Gasteiger partial charge in [0.2, 0.25) is 0 Å². The van der Waals surface area contributed by atoms with Crippen molar-refractivity contribution in [2.24, 2.45) is 0 Å². The normalized spacial score (nSPS) is 19.8. The molecule has 1 nitrogen and oxygen atoms in total. The molecule has 2 rings (SSSR count). The van der Waals surface area contributed by atoms with E-state index in [-0.39, 0.29) is 5.56 Å². The van der Waals surface area contributed by atoms with Gasteiger partial charge in [0.05, 0.1) is 5.60 Å². The molecule has 1 aromatic carbocycles. The molecule has 0 unspecified atom stereocenters. The Kier molecular flexibility index (Phi) is 3.17. The standard InChI is InChI=1S/C11H11F3OS/c12-8-5-7(6-9(13)10(8)14)11(15)1-3-16-4-2-11/h5-6,15H,1-4H2. The summed E-state index contributed by atoms with van der Waals surface area (Å²) in [6.45, 7) is 0. The Balaban J connectivity index is 2.39. The first kappa shape index (κ1) is 11.8. The van der Waals surface area contributed by atoms with Gasteiger partial charge in [-0.15, -0.1) is 0 Å². The smallest absolute Gasteiger partial charge is 0.194 e. The lowest BCUT2D eigenvalue weighted by Gasteiger charge is -2.32. The van der Waals surface area contributed by atoms with Crippen LogP contribution < -0.4 is 0 Å². The Labute approximate surface area is 95.7 Å². The van der Waals surface area contributed by atoms with Crippen LogP contribution in [-0.4, -0.2) is 16.6 Å². The molecule has 1 heterocycles. The maximum atomic E-state index is 13.0. The first-order valence-corrected chi connectivity index (χ1v) is 6.13. The third-order valence-electron chi connectivity index (χ3n) is 2.84. The number of aliphatic hydroxyl groups is 1. The van der Waals surface area contributed by atoms with Gasteiger partial charge < -0.3 is 5.11 Å². The summed E-state index contributed by atoms with van der Waals surface area (Å²) in [5.74, 6) is -2.52. The summed E-state index contributed by atoms with van der Waals surface area (Å²) in [5, 5.41) is 10.2. The Morgan fingerprint density at radius 2 is 1.56 bits per heavy atom. The molecule has 1 fully saturated rings. The monoisotopic (exact) mass is 248 g/mol. The van der Waals surface area contributed by atoms with Crippen molar-refractivity contribution in [1.82, 2.24) is 0 Å². The zero-order valence-electron chi connectivity index (χ0n) is 8.47. The predicted octanol–water partition coefficient (Wildman–Crippen LogP) is 2.82. The number of hydrogen-bond donors (Lipinski definition) is 1. The highest BCUT2D eigenvalue weighted by Crippen LogP contribution is 2.36. The molecule has 16 heavy (non-hydrogen) atoms. The molecule has 1 aliphatic heterocycles. The number of rotatable bonds is 1. The lowest BCUT2D eigenvalue weighted by Crippen LogP contribution is -2.31. The quantitative estimate of drug-likeness (QED) is 0.771. The van der Waals surface area contributed by atoms with Gasteiger partial charge in [-0.25, -0.2) is 13.2 Å². The van der Waals surface area contributed by atoms with E-state index in [9.17, 15) is 18.3 Å². The summed E-state index contributed by atoms with van der Waals surface area (Å²) in [7, 11) is 0. The molecule has 0 aliphatic carbocycles. The van der Waals surface area contributed by atoms with Crippen molar-refractivity contribution in [2.45, 2.75) is 18.4 Å². The van der Waals surface area contributed by atoms with Crippen LogP contribution in [0.4, 0.5) is 13.2 Å². The number of halogens is 3. The molecule has 1 saturated heterocycles. The summed E-state index contributed by atoms with van der Waals surface area (Å²) in [4.78, 5) is 0. The topological polar surface area (TPSA) is 20.2 Å². The fourth-order valence-electron chi connectivity index (χ4n) is 1.82. The van der Waals surface area contributed by atoms with Crippen LogP contribution in [0.5, 0.6) is 0 Å². The van der Waals surface area contributed by atoms with Gasteiger partial charge in [-0.05, 0) is 42.0 Å². The van der Waals surface area contributed by atoms with E-state index in [1.165, 1.54) is 0 Å². The second-order valence-electron chi connectivity index (χ2n) is 3.90. The molecule has 0 amide bonds. The van der Waals surface area contributed by atoms with Gasteiger partial charge in [0.15, 0.2) is 17.5 Å². The highest BCUT2D eigenvalue weighted by Gasteiger charge is 2.33. The molecule has 1 N–H and O–H groups in total. The Morgan fingerprint density at radius 1 is 1.06 bits per heavy atom. The zero-order valence-corrected chi connectivity index (χ0v) is 9.29. The molecule has 0 bridgehead atoms. The van der Waals surface area contributed by atoms with Crippen molar-refractivity contribution in [3.05, 3.63) is 35.1 Å². The van der Waals surface area contributed by atoms with Crippen LogP contribution in [0.25, 0.3) is 0 Å². The molecule has 0 saturated carbocycles. The van der Waals surface area contributed by atoms with E-state index in [4.69, 9.17) is 0 Å². The summed E-state index contributed by atoms with van der Waals surface area (Å²) in [5.41, 5.74) is -1.09. The van der Waals surface area contributed by atoms with E-state index in [0.29, 0.717) is 12.8 Å². The molecule has 1 aromatic rings. The van der Waals surface area contributed by atoms with Crippen molar-refractivity contribution in [3.8, 4) is 0 Å². The third-order valence-corrected chi connectivity index (χ3v) is 3.83. The van der Waals surface area contributed by atoms with Crippen molar-refractivity contribution in [2.75, 3.05) is 11.5 Å². The second kappa shape index (κ2) is 4.30. The Hall–Kier alpha value is -0.680. The van der Waals surface area contributed by atoms with Crippen LogP contribution in [0.2, 0.25) is 0 Å². The molecule has 1 aliphatic rings. The van der Waals surface area contributed by atoms with Gasteiger partial charge in [0.1, 0.15) is 0 Å². The summed E-state index contributed by atoms with van der Waals surface area (Å²) in [6, 6.07) is 1.77. The second-order valence-corrected chi connectivity index (χ2v) is 5.12. The Morgan fingerprint density at radius 3 is 2.06 bits per heavy atom. The van der Waals surface area contributed by atoms with Crippen LogP contribution in [0.1, 0.15) is 18.4 Å². The fraction of sp³-hybridized carbons (Fsp3) is 0.455. The molecule has 0 atom stereocenters. The highest BCUT2D eigenvalue weighted by molar-refractivity contribution is 7.99. The molecular formula is C11H11F3OS. The summed E-state index contributed by atoms with van der Waals surface area (Å²) in [6.07, 6.45) is 0.865. The van der Waals surface area contributed by atoms with Crippen LogP contribution in [0.15, 0.2) is 12.1 Å². The van der Waals surface area contributed by atoms with E-state index in [1.807, 2.05) is 0 Å². The SMILES string of the molecule is OC1(c2cc(F)c(F)c(F)c2)CCSCC1. The van der Waals surface area contributed by atoms with Crippen LogP contribution in [-0.2, 0) is 5.60 Å². The fourth-order valence-corrected chi connectivity index (χ4v) is 2.99. The first-order valence-electron chi connectivity index (χ1n) is 4.98. The van der Waals surface area contributed by atoms with E-state index in [1.54, 1.807) is 11.8 Å². The van der Waals surface area contributed by atoms with Crippen molar-refractivity contribution in [1.29, 1.82) is 0 Å². The molecular weight excluding hydrogens is 237 g/mol. The van der Waals surface area contributed by atoms with Gasteiger partial charge in [-0.2, -0.15) is 11.8 Å². The molecule has 0 spiro atoms. The van der Waals surface area contributed by atoms with Crippen LogP contribution >= 0.6 is 11.8 Å². The predicted molar refractivity (Wildman–Crippen MR) is 56.8 cm³/mol. The van der Waals surface area contributed by atoms with Crippen LogP contribution in [0.3, 0.4) is 0 Å². The van der Waals surface area contributed by atoms with E-state index in [0.717, 1.165) is 23.6 Å². The van der Waals surface area contributed by atoms with Crippen molar-refractivity contribution in [3.63, 3.8) is 0 Å². The summed E-state index contributed by atoms with van der Waals surface area (Å²) >= 11 is 1.68. The molecule has 88 valence electrons. The lowest BCUT2D eigenvalue weighted by atomic mass is 9.88. The van der Waals surface area contributed by atoms with Crippen molar-refractivity contribution < 1.29 is 18.3 Å². The van der Waals surface area contributed by atoms with Gasteiger partial charge in [0.25, 0.3) is 0 Å². The van der Waals surface area contributed by atoms with Gasteiger partial charge in [-0.3, -0.25) is 0 Å². The maximum absolute atomic E-state index is 13.0. The van der Waals surface area contributed by atoms with Gasteiger partial charge in [0, 0.05) is 0 Å². The minimum absolute atomic E-state index is 0.129. The highest BCUT2D eigenvalue weighted by atomic mass is 32.2. The molecule has 0 aromatic heterocycles. The minimum Gasteiger partial charge on any atom is -0.385 e. The molecule has 5 heteroatoms. The summed E-state index contributed by atoms with van der Waals surface area (Å²) < 4.78 is 38.8. The number of hydrogen-bond acceptors (Lipinski definition) is 2. The third kappa shape index (κ3) is 2.06. The maximum Gasteiger partial charge on any atom is 0.194 e. The van der Waals surface area contributed by atoms with E-state index in [2.05, 4.69) is 0 Å². The number of thioether (sulfide) groups is 1. The Bertz CT molecular complexity index is 379. The van der Waals surface area contributed by atoms with Gasteiger partial charge in [-0.1, -0.05) is 0 Å². The lowest BCUT2D eigenvalue weighted by molar-refractivity contribution is 0.0273. The first-order chi connectivity index (χ1) is 7.53. The largest absolute Gasteiger partial charge is 0.385 e. The van der Waals surface area contributed by atoms with Gasteiger partial charge >= 0.3 is 0 Å². The van der Waals surface area contributed by atoms with E-state index >= 15 is 0 Å². The minimum atomic E-state index is -1.49. The van der Waals surface area contributed by atoms with Crippen molar-refractivity contribution >= 4 is 11.8 Å². The number of benzene rings is 1. The average Bonchev–Trinajstić information content (AvgIpc) is 2.26. The molecule has 0 radical (unpaired) electrons. The zero-order chi connectivity index (χ0) is 11.8.